The molecule has 90 valence electrons. The van der Waals surface area contributed by atoms with Crippen LogP contribution in [-0.2, 0) is 11.2 Å². The van der Waals surface area contributed by atoms with Gasteiger partial charge in [-0.1, -0.05) is 12.1 Å². The van der Waals surface area contributed by atoms with Gasteiger partial charge < -0.3 is 9.84 Å². The number of carboxylic acids is 1. The normalized spacial score (nSPS) is 11.5. The maximum absolute atomic E-state index is 10.4. The smallest absolute Gasteiger partial charge is 0.303 e. The number of methoxy groups -OCH3 is 1. The SMILES string of the molecule is COc1ccc(CC(C#N)CCC(=O)O)cc1. The van der Waals surface area contributed by atoms with Gasteiger partial charge in [-0.25, -0.2) is 0 Å². The van der Waals surface area contributed by atoms with Crippen molar-refractivity contribution in [2.24, 2.45) is 5.92 Å². The van der Waals surface area contributed by atoms with Gasteiger partial charge >= 0.3 is 5.97 Å². The van der Waals surface area contributed by atoms with Crippen LogP contribution < -0.4 is 4.74 Å². The molecule has 4 nitrogen and oxygen atoms in total. The van der Waals surface area contributed by atoms with Crippen molar-refractivity contribution in [2.75, 3.05) is 7.11 Å². The van der Waals surface area contributed by atoms with Crippen molar-refractivity contribution in [3.8, 4) is 11.8 Å². The summed E-state index contributed by atoms with van der Waals surface area (Å²) in [5, 5.41) is 17.5. The van der Waals surface area contributed by atoms with Crippen LogP contribution in [0.5, 0.6) is 5.75 Å². The Morgan fingerprint density at radius 2 is 2.12 bits per heavy atom. The van der Waals surface area contributed by atoms with Crippen molar-refractivity contribution < 1.29 is 14.6 Å². The maximum atomic E-state index is 10.4. The van der Waals surface area contributed by atoms with Gasteiger partial charge in [0.05, 0.1) is 19.1 Å². The van der Waals surface area contributed by atoms with Crippen molar-refractivity contribution in [1.29, 1.82) is 5.26 Å². The Labute approximate surface area is 100 Å². The lowest BCUT2D eigenvalue weighted by atomic mass is 9.96. The molecule has 0 heterocycles. The average molecular weight is 233 g/mol. The summed E-state index contributed by atoms with van der Waals surface area (Å²) in [4.78, 5) is 10.4. The summed E-state index contributed by atoms with van der Waals surface area (Å²) in [5.74, 6) is -0.340. The third-order valence-electron chi connectivity index (χ3n) is 2.53. The number of hydrogen-bond acceptors (Lipinski definition) is 3. The minimum atomic E-state index is -0.861. The minimum Gasteiger partial charge on any atom is -0.497 e. The zero-order valence-electron chi connectivity index (χ0n) is 9.72. The van der Waals surface area contributed by atoms with Gasteiger partial charge in [-0.15, -0.1) is 0 Å². The van der Waals surface area contributed by atoms with E-state index in [1.807, 2.05) is 24.3 Å². The van der Waals surface area contributed by atoms with Crippen molar-refractivity contribution in [2.45, 2.75) is 19.3 Å². The number of aliphatic carboxylic acids is 1. The van der Waals surface area contributed by atoms with E-state index in [2.05, 4.69) is 6.07 Å². The van der Waals surface area contributed by atoms with E-state index >= 15 is 0 Å². The molecule has 1 unspecified atom stereocenters. The molecule has 0 saturated carbocycles. The van der Waals surface area contributed by atoms with E-state index in [9.17, 15) is 4.79 Å². The molecule has 0 aliphatic rings. The molecule has 17 heavy (non-hydrogen) atoms. The van der Waals surface area contributed by atoms with E-state index < -0.39 is 5.97 Å². The van der Waals surface area contributed by atoms with Crippen LogP contribution in [0, 0.1) is 17.2 Å². The highest BCUT2D eigenvalue weighted by Crippen LogP contribution is 2.17. The van der Waals surface area contributed by atoms with E-state index in [-0.39, 0.29) is 12.3 Å². The topological polar surface area (TPSA) is 70.3 Å². The summed E-state index contributed by atoms with van der Waals surface area (Å²) >= 11 is 0. The Balaban J connectivity index is 2.55. The van der Waals surface area contributed by atoms with E-state index in [1.54, 1.807) is 7.11 Å². The van der Waals surface area contributed by atoms with E-state index in [1.165, 1.54) is 0 Å². The molecule has 0 spiro atoms. The molecule has 0 aliphatic heterocycles. The third kappa shape index (κ3) is 4.56. The lowest BCUT2D eigenvalue weighted by Crippen LogP contribution is -2.05. The van der Waals surface area contributed by atoms with Gasteiger partial charge in [0.2, 0.25) is 0 Å². The number of rotatable bonds is 6. The van der Waals surface area contributed by atoms with Crippen LogP contribution in [0.4, 0.5) is 0 Å². The molecular formula is C13H15NO3. The molecule has 1 atom stereocenters. The molecule has 1 rings (SSSR count). The second kappa shape index (κ2) is 6.54. The summed E-state index contributed by atoms with van der Waals surface area (Å²) in [6, 6.07) is 9.59. The monoisotopic (exact) mass is 233 g/mol. The van der Waals surface area contributed by atoms with Crippen LogP contribution in [0.3, 0.4) is 0 Å². The van der Waals surface area contributed by atoms with E-state index in [0.29, 0.717) is 12.8 Å². The van der Waals surface area contributed by atoms with Crippen molar-refractivity contribution in [3.05, 3.63) is 29.8 Å². The Morgan fingerprint density at radius 1 is 1.47 bits per heavy atom. The Bertz CT molecular complexity index is 406. The van der Waals surface area contributed by atoms with Crippen molar-refractivity contribution in [1.82, 2.24) is 0 Å². The zero-order valence-corrected chi connectivity index (χ0v) is 9.72. The molecule has 4 heteroatoms. The number of nitriles is 1. The molecule has 0 fully saturated rings. The highest BCUT2D eigenvalue weighted by atomic mass is 16.5. The number of ether oxygens (including phenoxy) is 1. The van der Waals surface area contributed by atoms with E-state index in [0.717, 1.165) is 11.3 Å². The first-order valence-electron chi connectivity index (χ1n) is 5.40. The van der Waals surface area contributed by atoms with Gasteiger partial charge in [-0.2, -0.15) is 5.26 Å². The lowest BCUT2D eigenvalue weighted by Gasteiger charge is -2.08. The molecule has 1 aromatic carbocycles. The van der Waals surface area contributed by atoms with E-state index in [4.69, 9.17) is 15.1 Å². The summed E-state index contributed by atoms with van der Waals surface area (Å²) < 4.78 is 5.04. The van der Waals surface area contributed by atoms with Crippen LogP contribution in [0.1, 0.15) is 18.4 Å². The van der Waals surface area contributed by atoms with Gasteiger partial charge in [0, 0.05) is 6.42 Å². The largest absolute Gasteiger partial charge is 0.497 e. The molecule has 0 saturated heterocycles. The molecule has 1 N–H and O–H groups in total. The minimum absolute atomic E-state index is 0.0361. The van der Waals surface area contributed by atoms with Crippen molar-refractivity contribution in [3.63, 3.8) is 0 Å². The fraction of sp³-hybridized carbons (Fsp3) is 0.385. The number of carboxylic acid groups (broad SMARTS) is 1. The number of carbonyl (C=O) groups is 1. The first kappa shape index (κ1) is 13.0. The first-order chi connectivity index (χ1) is 8.15. The lowest BCUT2D eigenvalue weighted by molar-refractivity contribution is -0.137. The molecular weight excluding hydrogens is 218 g/mol. The summed E-state index contributed by atoms with van der Waals surface area (Å²) in [7, 11) is 1.60. The van der Waals surface area contributed by atoms with Gasteiger partial charge in [0.25, 0.3) is 0 Å². The Morgan fingerprint density at radius 3 is 2.59 bits per heavy atom. The van der Waals surface area contributed by atoms with Crippen LogP contribution in [0.25, 0.3) is 0 Å². The van der Waals surface area contributed by atoms with Crippen LogP contribution in [0.2, 0.25) is 0 Å². The number of nitrogens with zero attached hydrogens (tertiary/aromatic N) is 1. The standard InChI is InChI=1S/C13H15NO3/c1-17-12-5-2-10(3-6-12)8-11(9-14)4-7-13(15)16/h2-3,5-6,11H,4,7-8H2,1H3,(H,15,16). The highest BCUT2D eigenvalue weighted by Gasteiger charge is 2.10. The van der Waals surface area contributed by atoms with Crippen LogP contribution in [0.15, 0.2) is 24.3 Å². The molecule has 0 radical (unpaired) electrons. The van der Waals surface area contributed by atoms with Gasteiger partial charge in [-0.05, 0) is 30.5 Å². The molecule has 1 aromatic rings. The fourth-order valence-corrected chi connectivity index (χ4v) is 1.56. The van der Waals surface area contributed by atoms with Gasteiger partial charge in [0.1, 0.15) is 5.75 Å². The second-order valence-corrected chi connectivity index (χ2v) is 3.81. The number of benzene rings is 1. The van der Waals surface area contributed by atoms with Crippen LogP contribution in [-0.4, -0.2) is 18.2 Å². The molecule has 0 aromatic heterocycles. The average Bonchev–Trinajstić information content (AvgIpc) is 2.35. The predicted molar refractivity (Wildman–Crippen MR) is 62.7 cm³/mol. The second-order valence-electron chi connectivity index (χ2n) is 3.81. The van der Waals surface area contributed by atoms with Gasteiger partial charge in [-0.3, -0.25) is 4.79 Å². The predicted octanol–water partition coefficient (Wildman–Crippen LogP) is 2.24. The highest BCUT2D eigenvalue weighted by molar-refractivity contribution is 5.66. The molecule has 0 aliphatic carbocycles. The Kier molecular flexibility index (Phi) is 5.02. The Hall–Kier alpha value is -2.02. The third-order valence-corrected chi connectivity index (χ3v) is 2.53. The molecule has 0 bridgehead atoms. The first-order valence-corrected chi connectivity index (χ1v) is 5.40. The van der Waals surface area contributed by atoms with Crippen molar-refractivity contribution >= 4 is 5.97 Å². The fourth-order valence-electron chi connectivity index (χ4n) is 1.56. The summed E-state index contributed by atoms with van der Waals surface area (Å²) in [5.41, 5.74) is 1.02. The molecule has 0 amide bonds. The summed E-state index contributed by atoms with van der Waals surface area (Å²) in [6.45, 7) is 0. The van der Waals surface area contributed by atoms with Gasteiger partial charge in [0.15, 0.2) is 0 Å². The van der Waals surface area contributed by atoms with Crippen LogP contribution >= 0.6 is 0 Å². The summed E-state index contributed by atoms with van der Waals surface area (Å²) in [6.07, 6.45) is 1.00. The number of hydrogen-bond donors (Lipinski definition) is 1. The zero-order chi connectivity index (χ0) is 12.7. The quantitative estimate of drug-likeness (QED) is 0.818. The maximum Gasteiger partial charge on any atom is 0.303 e.